The molecular weight excluding hydrogens is 194 g/mol. The van der Waals surface area contributed by atoms with E-state index in [2.05, 4.69) is 9.64 Å². The quantitative estimate of drug-likeness (QED) is 0.661. The topological polar surface area (TPSA) is 49.8 Å². The van der Waals surface area contributed by atoms with Crippen LogP contribution in [0.4, 0.5) is 0 Å². The molecule has 1 atom stereocenters. The van der Waals surface area contributed by atoms with Crippen LogP contribution in [0.25, 0.3) is 0 Å². The van der Waals surface area contributed by atoms with Crippen LogP contribution in [0, 0.1) is 5.92 Å². The van der Waals surface area contributed by atoms with E-state index in [1.54, 1.807) is 0 Å². The average Bonchev–Trinajstić information content (AvgIpc) is 2.66. The van der Waals surface area contributed by atoms with Crippen LogP contribution >= 0.6 is 0 Å². The van der Waals surface area contributed by atoms with E-state index >= 15 is 0 Å². The lowest BCUT2D eigenvalue weighted by atomic mass is 10.1. The Morgan fingerprint density at radius 3 is 3.07 bits per heavy atom. The molecule has 1 heterocycles. The zero-order valence-electron chi connectivity index (χ0n) is 9.45. The fraction of sp³-hybridized carbons (Fsp3) is 0.909. The Morgan fingerprint density at radius 2 is 2.40 bits per heavy atom. The first-order valence-corrected chi connectivity index (χ1v) is 5.66. The van der Waals surface area contributed by atoms with E-state index in [1.807, 2.05) is 0 Å². The van der Waals surface area contributed by atoms with E-state index in [0.717, 1.165) is 32.5 Å². The van der Waals surface area contributed by atoms with E-state index in [9.17, 15) is 4.79 Å². The summed E-state index contributed by atoms with van der Waals surface area (Å²) in [4.78, 5) is 13.2. The van der Waals surface area contributed by atoms with E-state index < -0.39 is 0 Å². The van der Waals surface area contributed by atoms with Crippen LogP contribution in [-0.2, 0) is 9.53 Å². The van der Waals surface area contributed by atoms with Gasteiger partial charge < -0.3 is 14.7 Å². The van der Waals surface area contributed by atoms with Gasteiger partial charge in [0.15, 0.2) is 0 Å². The van der Waals surface area contributed by atoms with Crippen LogP contribution in [0.2, 0.25) is 0 Å². The van der Waals surface area contributed by atoms with Crippen molar-refractivity contribution in [3.8, 4) is 0 Å². The predicted molar refractivity (Wildman–Crippen MR) is 57.5 cm³/mol. The summed E-state index contributed by atoms with van der Waals surface area (Å²) in [5.41, 5.74) is 0. The third-order valence-corrected chi connectivity index (χ3v) is 2.99. The maximum Gasteiger partial charge on any atom is 0.305 e. The van der Waals surface area contributed by atoms with Crippen molar-refractivity contribution in [2.24, 2.45) is 5.92 Å². The van der Waals surface area contributed by atoms with Crippen molar-refractivity contribution < 1.29 is 14.6 Å². The standard InChI is InChI=1S/C11H21NO3/c1-15-11(14)3-2-6-12-7-4-10(9-12)5-8-13/h10,13H,2-9H2,1H3. The zero-order chi connectivity index (χ0) is 11.1. The van der Waals surface area contributed by atoms with Crippen LogP contribution in [-0.4, -0.2) is 49.3 Å². The number of likely N-dealkylation sites (tertiary alicyclic amines) is 1. The molecule has 0 radical (unpaired) electrons. The van der Waals surface area contributed by atoms with Crippen molar-refractivity contribution in [3.05, 3.63) is 0 Å². The van der Waals surface area contributed by atoms with E-state index in [0.29, 0.717) is 18.9 Å². The minimum Gasteiger partial charge on any atom is -0.469 e. The minimum atomic E-state index is -0.124. The summed E-state index contributed by atoms with van der Waals surface area (Å²) in [7, 11) is 1.43. The number of methoxy groups -OCH3 is 1. The summed E-state index contributed by atoms with van der Waals surface area (Å²) in [5.74, 6) is 0.522. The molecular formula is C11H21NO3. The van der Waals surface area contributed by atoms with Gasteiger partial charge in [0.25, 0.3) is 0 Å². The number of hydrogen-bond acceptors (Lipinski definition) is 4. The SMILES string of the molecule is COC(=O)CCCN1CCC(CCO)C1. The lowest BCUT2D eigenvalue weighted by Crippen LogP contribution is -2.22. The van der Waals surface area contributed by atoms with Crippen LogP contribution in [0.15, 0.2) is 0 Å². The molecule has 1 rings (SSSR count). The molecule has 4 heteroatoms. The molecule has 88 valence electrons. The highest BCUT2D eigenvalue weighted by molar-refractivity contribution is 5.69. The highest BCUT2D eigenvalue weighted by Gasteiger charge is 2.21. The number of ether oxygens (including phenoxy) is 1. The monoisotopic (exact) mass is 215 g/mol. The van der Waals surface area contributed by atoms with Crippen LogP contribution in [0.3, 0.4) is 0 Å². The number of carbonyl (C=O) groups excluding carboxylic acids is 1. The number of hydrogen-bond donors (Lipinski definition) is 1. The lowest BCUT2D eigenvalue weighted by Gasteiger charge is -2.14. The first-order valence-electron chi connectivity index (χ1n) is 5.66. The summed E-state index contributed by atoms with van der Waals surface area (Å²) >= 11 is 0. The van der Waals surface area contributed by atoms with Crippen molar-refractivity contribution in [1.29, 1.82) is 0 Å². The van der Waals surface area contributed by atoms with Gasteiger partial charge in [-0.05, 0) is 38.3 Å². The second-order valence-electron chi connectivity index (χ2n) is 4.15. The molecule has 4 nitrogen and oxygen atoms in total. The molecule has 1 aliphatic rings. The molecule has 0 saturated carbocycles. The Labute approximate surface area is 91.2 Å². The van der Waals surface area contributed by atoms with Gasteiger partial charge in [0.1, 0.15) is 0 Å². The Morgan fingerprint density at radius 1 is 1.60 bits per heavy atom. The second kappa shape index (κ2) is 6.80. The van der Waals surface area contributed by atoms with Crippen LogP contribution in [0.5, 0.6) is 0 Å². The van der Waals surface area contributed by atoms with Crippen molar-refractivity contribution in [2.45, 2.75) is 25.7 Å². The third-order valence-electron chi connectivity index (χ3n) is 2.99. The van der Waals surface area contributed by atoms with Gasteiger partial charge in [-0.15, -0.1) is 0 Å². The second-order valence-corrected chi connectivity index (χ2v) is 4.15. The summed E-state index contributed by atoms with van der Waals surface area (Å²) in [6.07, 6.45) is 3.47. The molecule has 1 fully saturated rings. The lowest BCUT2D eigenvalue weighted by molar-refractivity contribution is -0.140. The zero-order valence-corrected chi connectivity index (χ0v) is 9.45. The molecule has 0 aromatic rings. The Bertz CT molecular complexity index is 196. The van der Waals surface area contributed by atoms with E-state index in [1.165, 1.54) is 13.5 Å². The number of esters is 1. The molecule has 0 aromatic heterocycles. The smallest absolute Gasteiger partial charge is 0.305 e. The van der Waals surface area contributed by atoms with Crippen LogP contribution < -0.4 is 0 Å². The van der Waals surface area contributed by atoms with Crippen molar-refractivity contribution in [2.75, 3.05) is 33.4 Å². The van der Waals surface area contributed by atoms with E-state index in [-0.39, 0.29) is 5.97 Å². The number of rotatable bonds is 6. The average molecular weight is 215 g/mol. The number of nitrogens with zero attached hydrogens (tertiary/aromatic N) is 1. The Balaban J connectivity index is 2.06. The van der Waals surface area contributed by atoms with Gasteiger partial charge in [0.05, 0.1) is 7.11 Å². The first-order chi connectivity index (χ1) is 7.26. The molecule has 1 unspecified atom stereocenters. The van der Waals surface area contributed by atoms with Gasteiger partial charge in [-0.25, -0.2) is 0 Å². The maximum absolute atomic E-state index is 10.9. The fourth-order valence-electron chi connectivity index (χ4n) is 2.08. The first kappa shape index (κ1) is 12.5. The Hall–Kier alpha value is -0.610. The van der Waals surface area contributed by atoms with Gasteiger partial charge in [-0.2, -0.15) is 0 Å². The molecule has 0 spiro atoms. The summed E-state index contributed by atoms with van der Waals surface area (Å²) in [6, 6.07) is 0. The number of aliphatic hydroxyl groups is 1. The minimum absolute atomic E-state index is 0.124. The molecule has 1 aliphatic heterocycles. The van der Waals surface area contributed by atoms with Gasteiger partial charge in [0.2, 0.25) is 0 Å². The van der Waals surface area contributed by atoms with Gasteiger partial charge in [-0.3, -0.25) is 4.79 Å². The fourth-order valence-corrected chi connectivity index (χ4v) is 2.08. The summed E-state index contributed by atoms with van der Waals surface area (Å²) < 4.78 is 4.58. The van der Waals surface area contributed by atoms with E-state index in [4.69, 9.17) is 5.11 Å². The summed E-state index contributed by atoms with van der Waals surface area (Å²) in [6.45, 7) is 3.44. The van der Waals surface area contributed by atoms with Crippen molar-refractivity contribution >= 4 is 5.97 Å². The van der Waals surface area contributed by atoms with Gasteiger partial charge in [-0.1, -0.05) is 0 Å². The molecule has 1 N–H and O–H groups in total. The molecule has 0 aliphatic carbocycles. The summed E-state index contributed by atoms with van der Waals surface area (Å²) in [5, 5.41) is 8.81. The van der Waals surface area contributed by atoms with Gasteiger partial charge in [0, 0.05) is 19.6 Å². The normalized spacial score (nSPS) is 21.9. The number of carbonyl (C=O) groups is 1. The Kier molecular flexibility index (Phi) is 5.65. The molecule has 1 saturated heterocycles. The highest BCUT2D eigenvalue weighted by atomic mass is 16.5. The number of aliphatic hydroxyl groups excluding tert-OH is 1. The molecule has 15 heavy (non-hydrogen) atoms. The predicted octanol–water partition coefficient (Wildman–Crippen LogP) is 0.644. The molecule has 0 bridgehead atoms. The molecule has 0 amide bonds. The van der Waals surface area contributed by atoms with Gasteiger partial charge >= 0.3 is 5.97 Å². The molecule has 0 aromatic carbocycles. The maximum atomic E-state index is 10.9. The largest absolute Gasteiger partial charge is 0.469 e. The highest BCUT2D eigenvalue weighted by Crippen LogP contribution is 2.19. The third kappa shape index (κ3) is 4.62. The van der Waals surface area contributed by atoms with Crippen LogP contribution in [0.1, 0.15) is 25.7 Å². The van der Waals surface area contributed by atoms with Crippen molar-refractivity contribution in [1.82, 2.24) is 4.90 Å². The van der Waals surface area contributed by atoms with Crippen molar-refractivity contribution in [3.63, 3.8) is 0 Å².